The smallest absolute Gasteiger partial charge is 0.332 e. The van der Waals surface area contributed by atoms with E-state index in [-0.39, 0.29) is 12.6 Å². The Hall–Kier alpha value is -0.610. The molecule has 1 aliphatic heterocycles. The lowest BCUT2D eigenvalue weighted by molar-refractivity contribution is -0.149. The van der Waals surface area contributed by atoms with E-state index in [0.29, 0.717) is 19.1 Å². The average molecular weight is 230 g/mol. The van der Waals surface area contributed by atoms with Gasteiger partial charge < -0.3 is 14.2 Å². The number of hydrogen-bond donors (Lipinski definition) is 0. The summed E-state index contributed by atoms with van der Waals surface area (Å²) < 4.78 is 15.6. The maximum Gasteiger partial charge on any atom is 0.332 e. The van der Waals surface area contributed by atoms with Gasteiger partial charge in [-0.05, 0) is 25.2 Å². The van der Waals surface area contributed by atoms with Crippen molar-refractivity contribution in [2.75, 3.05) is 33.0 Å². The highest BCUT2D eigenvalue weighted by Gasteiger charge is 2.14. The van der Waals surface area contributed by atoms with Crippen molar-refractivity contribution in [1.82, 2.24) is 0 Å². The molecule has 1 fully saturated rings. The molecule has 1 heterocycles. The van der Waals surface area contributed by atoms with Gasteiger partial charge in [-0.15, -0.1) is 0 Å². The predicted octanol–water partition coefficient (Wildman–Crippen LogP) is 1.77. The van der Waals surface area contributed by atoms with Crippen LogP contribution >= 0.6 is 0 Å². The van der Waals surface area contributed by atoms with Crippen molar-refractivity contribution < 1.29 is 19.0 Å². The SMILES string of the molecule is CCCCOC(=O)COCC1CCOCC1. The fourth-order valence-electron chi connectivity index (χ4n) is 1.59. The molecule has 94 valence electrons. The van der Waals surface area contributed by atoms with Gasteiger partial charge in [0.1, 0.15) is 6.61 Å². The highest BCUT2D eigenvalue weighted by molar-refractivity contribution is 5.70. The van der Waals surface area contributed by atoms with Crippen molar-refractivity contribution in [3.8, 4) is 0 Å². The van der Waals surface area contributed by atoms with Gasteiger partial charge in [-0.2, -0.15) is 0 Å². The number of carbonyl (C=O) groups excluding carboxylic acids is 1. The Labute approximate surface area is 97.2 Å². The van der Waals surface area contributed by atoms with Gasteiger partial charge in [0.25, 0.3) is 0 Å². The molecule has 4 nitrogen and oxygen atoms in total. The second-order valence-electron chi connectivity index (χ2n) is 4.14. The molecule has 0 N–H and O–H groups in total. The summed E-state index contributed by atoms with van der Waals surface area (Å²) in [7, 11) is 0. The molecule has 1 rings (SSSR count). The van der Waals surface area contributed by atoms with Gasteiger partial charge in [0.2, 0.25) is 0 Å². The molecule has 0 spiro atoms. The lowest BCUT2D eigenvalue weighted by Gasteiger charge is -2.21. The van der Waals surface area contributed by atoms with Crippen LogP contribution < -0.4 is 0 Å². The highest BCUT2D eigenvalue weighted by Crippen LogP contribution is 2.14. The molecular formula is C12H22O4. The number of ether oxygens (including phenoxy) is 3. The zero-order chi connectivity index (χ0) is 11.6. The largest absolute Gasteiger partial charge is 0.464 e. The Morgan fingerprint density at radius 3 is 2.81 bits per heavy atom. The number of hydrogen-bond acceptors (Lipinski definition) is 4. The summed E-state index contributed by atoms with van der Waals surface area (Å²) in [6.07, 6.45) is 4.03. The number of rotatable bonds is 7. The van der Waals surface area contributed by atoms with Crippen LogP contribution in [-0.2, 0) is 19.0 Å². The van der Waals surface area contributed by atoms with Crippen LogP contribution in [0.3, 0.4) is 0 Å². The van der Waals surface area contributed by atoms with E-state index in [0.717, 1.165) is 38.9 Å². The molecule has 0 aliphatic carbocycles. The van der Waals surface area contributed by atoms with E-state index < -0.39 is 0 Å². The van der Waals surface area contributed by atoms with E-state index in [1.165, 1.54) is 0 Å². The first-order chi connectivity index (χ1) is 7.83. The summed E-state index contributed by atoms with van der Waals surface area (Å²) in [6.45, 7) is 4.93. The molecule has 0 radical (unpaired) electrons. The molecule has 0 aromatic carbocycles. The van der Waals surface area contributed by atoms with Crippen molar-refractivity contribution in [1.29, 1.82) is 0 Å². The standard InChI is InChI=1S/C12H22O4/c1-2-3-6-16-12(13)10-15-9-11-4-7-14-8-5-11/h11H,2-10H2,1H3. The molecule has 0 bridgehead atoms. The second kappa shape index (κ2) is 8.53. The van der Waals surface area contributed by atoms with Crippen molar-refractivity contribution in [2.24, 2.45) is 5.92 Å². The van der Waals surface area contributed by atoms with Crippen LogP contribution in [0.15, 0.2) is 0 Å². The molecule has 0 amide bonds. The van der Waals surface area contributed by atoms with Gasteiger partial charge in [-0.3, -0.25) is 0 Å². The van der Waals surface area contributed by atoms with Gasteiger partial charge in [0.05, 0.1) is 13.2 Å². The summed E-state index contributed by atoms with van der Waals surface area (Å²) >= 11 is 0. The molecule has 0 atom stereocenters. The van der Waals surface area contributed by atoms with E-state index in [9.17, 15) is 4.79 Å². The normalized spacial score (nSPS) is 17.3. The Morgan fingerprint density at radius 2 is 2.12 bits per heavy atom. The molecule has 0 aromatic heterocycles. The van der Waals surface area contributed by atoms with Crippen LogP contribution in [0.5, 0.6) is 0 Å². The van der Waals surface area contributed by atoms with Crippen molar-refractivity contribution in [2.45, 2.75) is 32.6 Å². The third-order valence-corrected chi connectivity index (χ3v) is 2.68. The van der Waals surface area contributed by atoms with Gasteiger partial charge in [-0.1, -0.05) is 13.3 Å². The van der Waals surface area contributed by atoms with Crippen LogP contribution in [0.1, 0.15) is 32.6 Å². The lowest BCUT2D eigenvalue weighted by Crippen LogP contribution is -2.22. The fourth-order valence-corrected chi connectivity index (χ4v) is 1.59. The Morgan fingerprint density at radius 1 is 1.38 bits per heavy atom. The molecular weight excluding hydrogens is 208 g/mol. The van der Waals surface area contributed by atoms with Crippen LogP contribution in [0.25, 0.3) is 0 Å². The van der Waals surface area contributed by atoms with Crippen molar-refractivity contribution in [3.63, 3.8) is 0 Å². The van der Waals surface area contributed by atoms with E-state index in [2.05, 4.69) is 6.92 Å². The van der Waals surface area contributed by atoms with Crippen molar-refractivity contribution >= 4 is 5.97 Å². The molecule has 0 unspecified atom stereocenters. The molecule has 1 aliphatic rings. The fraction of sp³-hybridized carbons (Fsp3) is 0.917. The minimum absolute atomic E-state index is 0.0844. The van der Waals surface area contributed by atoms with E-state index in [1.807, 2.05) is 0 Å². The van der Waals surface area contributed by atoms with Gasteiger partial charge in [0.15, 0.2) is 0 Å². The van der Waals surface area contributed by atoms with Gasteiger partial charge >= 0.3 is 5.97 Å². The van der Waals surface area contributed by atoms with Crippen LogP contribution in [0.4, 0.5) is 0 Å². The molecule has 1 saturated heterocycles. The quantitative estimate of drug-likeness (QED) is 0.494. The summed E-state index contributed by atoms with van der Waals surface area (Å²) in [5.74, 6) is 0.290. The van der Waals surface area contributed by atoms with Crippen LogP contribution in [-0.4, -0.2) is 39.0 Å². The van der Waals surface area contributed by atoms with Gasteiger partial charge in [0, 0.05) is 13.2 Å². The maximum absolute atomic E-state index is 11.2. The summed E-state index contributed by atoms with van der Waals surface area (Å²) in [4.78, 5) is 11.2. The number of unbranched alkanes of at least 4 members (excludes halogenated alkanes) is 1. The number of carbonyl (C=O) groups is 1. The van der Waals surface area contributed by atoms with Crippen molar-refractivity contribution in [3.05, 3.63) is 0 Å². The molecule has 4 heteroatoms. The maximum atomic E-state index is 11.2. The zero-order valence-electron chi connectivity index (χ0n) is 10.1. The topological polar surface area (TPSA) is 44.8 Å². The predicted molar refractivity (Wildman–Crippen MR) is 60.2 cm³/mol. The van der Waals surface area contributed by atoms with E-state index >= 15 is 0 Å². The van der Waals surface area contributed by atoms with Crippen LogP contribution in [0, 0.1) is 5.92 Å². The summed E-state index contributed by atoms with van der Waals surface area (Å²) in [6, 6.07) is 0. The number of esters is 1. The van der Waals surface area contributed by atoms with Crippen LogP contribution in [0.2, 0.25) is 0 Å². The summed E-state index contributed by atoms with van der Waals surface area (Å²) in [5, 5.41) is 0. The third kappa shape index (κ3) is 6.08. The molecule has 0 saturated carbocycles. The Bertz CT molecular complexity index is 187. The third-order valence-electron chi connectivity index (χ3n) is 2.68. The first kappa shape index (κ1) is 13.5. The Balaban J connectivity index is 1.94. The Kier molecular flexibility index (Phi) is 7.17. The summed E-state index contributed by atoms with van der Waals surface area (Å²) in [5.41, 5.74) is 0. The lowest BCUT2D eigenvalue weighted by atomic mass is 10.0. The molecule has 0 aromatic rings. The zero-order valence-corrected chi connectivity index (χ0v) is 10.1. The van der Waals surface area contributed by atoms with E-state index in [4.69, 9.17) is 14.2 Å². The first-order valence-corrected chi connectivity index (χ1v) is 6.14. The van der Waals surface area contributed by atoms with Gasteiger partial charge in [-0.25, -0.2) is 4.79 Å². The minimum Gasteiger partial charge on any atom is -0.464 e. The highest BCUT2D eigenvalue weighted by atomic mass is 16.6. The minimum atomic E-state index is -0.250. The first-order valence-electron chi connectivity index (χ1n) is 6.14. The average Bonchev–Trinajstić information content (AvgIpc) is 2.31. The second-order valence-corrected chi connectivity index (χ2v) is 4.14. The monoisotopic (exact) mass is 230 g/mol. The van der Waals surface area contributed by atoms with E-state index in [1.54, 1.807) is 0 Å². The molecule has 16 heavy (non-hydrogen) atoms.